The van der Waals surface area contributed by atoms with Crippen LogP contribution in [0.15, 0.2) is 36.7 Å². The highest BCUT2D eigenvalue weighted by Gasteiger charge is 2.00. The van der Waals surface area contributed by atoms with E-state index in [1.165, 1.54) is 5.56 Å². The summed E-state index contributed by atoms with van der Waals surface area (Å²) in [5.74, 6) is 0. The van der Waals surface area contributed by atoms with Crippen LogP contribution in [0.2, 0.25) is 0 Å². The lowest BCUT2D eigenvalue weighted by atomic mass is 10.2. The van der Waals surface area contributed by atoms with Crippen molar-refractivity contribution in [3.05, 3.63) is 47.8 Å². The van der Waals surface area contributed by atoms with Gasteiger partial charge in [0.05, 0.1) is 18.5 Å². The summed E-state index contributed by atoms with van der Waals surface area (Å²) in [6.45, 7) is 3.56. The highest BCUT2D eigenvalue weighted by molar-refractivity contribution is 5.33. The number of benzene rings is 1. The zero-order valence-electron chi connectivity index (χ0n) is 9.93. The number of aryl methyl sites for hydroxylation is 1. The maximum atomic E-state index is 8.67. The Morgan fingerprint density at radius 1 is 1.29 bits per heavy atom. The number of nitrogens with zero attached hydrogens (tertiary/aromatic N) is 2. The summed E-state index contributed by atoms with van der Waals surface area (Å²) < 4.78 is 1.86. The van der Waals surface area contributed by atoms with Crippen LogP contribution in [0.4, 0.5) is 0 Å². The summed E-state index contributed by atoms with van der Waals surface area (Å²) in [5, 5.41) is 16.1. The summed E-state index contributed by atoms with van der Waals surface area (Å²) >= 11 is 0. The fraction of sp³-hybridized carbons (Fsp3) is 0.308. The molecule has 2 N–H and O–H groups in total. The smallest absolute Gasteiger partial charge is 0.0645 e. The van der Waals surface area contributed by atoms with Crippen LogP contribution in [0.1, 0.15) is 11.1 Å². The van der Waals surface area contributed by atoms with E-state index in [-0.39, 0.29) is 6.61 Å². The number of aliphatic hydroxyl groups excluding tert-OH is 1. The van der Waals surface area contributed by atoms with Gasteiger partial charge in [-0.3, -0.25) is 0 Å². The molecule has 0 spiro atoms. The van der Waals surface area contributed by atoms with Crippen LogP contribution in [0.25, 0.3) is 5.69 Å². The van der Waals surface area contributed by atoms with Gasteiger partial charge in [0.2, 0.25) is 0 Å². The van der Waals surface area contributed by atoms with Crippen molar-refractivity contribution in [1.29, 1.82) is 0 Å². The first kappa shape index (κ1) is 11.8. The molecule has 2 rings (SSSR count). The highest BCUT2D eigenvalue weighted by atomic mass is 16.3. The molecule has 0 amide bonds. The Kier molecular flexibility index (Phi) is 3.90. The molecule has 1 aromatic heterocycles. The highest BCUT2D eigenvalue weighted by Crippen LogP contribution is 2.09. The van der Waals surface area contributed by atoms with Crippen molar-refractivity contribution >= 4 is 0 Å². The summed E-state index contributed by atoms with van der Waals surface area (Å²) in [6.07, 6.45) is 3.83. The lowest BCUT2D eigenvalue weighted by Crippen LogP contribution is -2.17. The van der Waals surface area contributed by atoms with Crippen molar-refractivity contribution in [2.75, 3.05) is 13.2 Å². The van der Waals surface area contributed by atoms with Crippen molar-refractivity contribution in [3.8, 4) is 5.69 Å². The van der Waals surface area contributed by atoms with Gasteiger partial charge >= 0.3 is 0 Å². The minimum absolute atomic E-state index is 0.159. The number of aliphatic hydroxyl groups is 1. The minimum atomic E-state index is 0.159. The van der Waals surface area contributed by atoms with E-state index in [4.69, 9.17) is 5.11 Å². The zero-order chi connectivity index (χ0) is 12.1. The topological polar surface area (TPSA) is 50.1 Å². The predicted octanol–water partition coefficient (Wildman–Crippen LogP) is 1.26. The third-order valence-corrected chi connectivity index (χ3v) is 2.55. The first-order valence-electron chi connectivity index (χ1n) is 5.72. The fourth-order valence-corrected chi connectivity index (χ4v) is 1.60. The van der Waals surface area contributed by atoms with Gasteiger partial charge in [-0.2, -0.15) is 5.10 Å². The van der Waals surface area contributed by atoms with Crippen LogP contribution in [-0.2, 0) is 6.54 Å². The summed E-state index contributed by atoms with van der Waals surface area (Å²) in [5.41, 5.74) is 3.41. The maximum absolute atomic E-state index is 8.67. The van der Waals surface area contributed by atoms with Gasteiger partial charge in [0.25, 0.3) is 0 Å². The molecule has 0 aliphatic carbocycles. The van der Waals surface area contributed by atoms with Gasteiger partial charge in [0, 0.05) is 24.8 Å². The van der Waals surface area contributed by atoms with E-state index in [1.54, 1.807) is 0 Å². The van der Waals surface area contributed by atoms with Gasteiger partial charge in [0.15, 0.2) is 0 Å². The third kappa shape index (κ3) is 3.15. The van der Waals surface area contributed by atoms with E-state index >= 15 is 0 Å². The van der Waals surface area contributed by atoms with Crippen molar-refractivity contribution in [2.24, 2.45) is 0 Å². The normalized spacial score (nSPS) is 10.7. The fourth-order valence-electron chi connectivity index (χ4n) is 1.60. The van der Waals surface area contributed by atoms with Crippen molar-refractivity contribution < 1.29 is 5.11 Å². The summed E-state index contributed by atoms with van der Waals surface area (Å²) in [4.78, 5) is 0. The van der Waals surface area contributed by atoms with Gasteiger partial charge in [-0.1, -0.05) is 17.7 Å². The quantitative estimate of drug-likeness (QED) is 0.762. The molecule has 0 bridgehead atoms. The van der Waals surface area contributed by atoms with Crippen LogP contribution in [0, 0.1) is 6.92 Å². The van der Waals surface area contributed by atoms with E-state index in [0.29, 0.717) is 6.54 Å². The third-order valence-electron chi connectivity index (χ3n) is 2.55. The van der Waals surface area contributed by atoms with E-state index in [9.17, 15) is 0 Å². The van der Waals surface area contributed by atoms with Crippen LogP contribution in [-0.4, -0.2) is 28.0 Å². The van der Waals surface area contributed by atoms with Gasteiger partial charge in [-0.15, -0.1) is 0 Å². The van der Waals surface area contributed by atoms with Crippen molar-refractivity contribution in [1.82, 2.24) is 15.1 Å². The molecule has 1 heterocycles. The molecule has 4 heteroatoms. The van der Waals surface area contributed by atoms with Gasteiger partial charge < -0.3 is 10.4 Å². The average molecular weight is 231 g/mol. The van der Waals surface area contributed by atoms with E-state index in [0.717, 1.165) is 17.8 Å². The largest absolute Gasteiger partial charge is 0.395 e. The van der Waals surface area contributed by atoms with Crippen LogP contribution < -0.4 is 5.32 Å². The molecule has 17 heavy (non-hydrogen) atoms. The predicted molar refractivity (Wildman–Crippen MR) is 67.1 cm³/mol. The Hall–Kier alpha value is -1.65. The van der Waals surface area contributed by atoms with Gasteiger partial charge in [-0.25, -0.2) is 4.68 Å². The minimum Gasteiger partial charge on any atom is -0.395 e. The number of hydrogen-bond donors (Lipinski definition) is 2. The molecule has 1 aromatic carbocycles. The first-order chi connectivity index (χ1) is 8.29. The Morgan fingerprint density at radius 3 is 2.76 bits per heavy atom. The second kappa shape index (κ2) is 5.61. The molecule has 2 aromatic rings. The van der Waals surface area contributed by atoms with Gasteiger partial charge in [-0.05, 0) is 19.1 Å². The number of rotatable bonds is 5. The van der Waals surface area contributed by atoms with Crippen LogP contribution in [0.5, 0.6) is 0 Å². The molecule has 0 saturated heterocycles. The molecule has 90 valence electrons. The molecule has 0 saturated carbocycles. The average Bonchev–Trinajstić information content (AvgIpc) is 2.79. The Balaban J connectivity index is 2.04. The molecule has 0 fully saturated rings. The standard InChI is InChI=1S/C13H17N3O/c1-11-2-4-13(5-3-11)16-10-12(9-15-16)8-14-6-7-17/h2-5,9-10,14,17H,6-8H2,1H3. The molecule has 0 unspecified atom stereocenters. The molecule has 4 nitrogen and oxygen atoms in total. The second-order valence-corrected chi connectivity index (χ2v) is 4.03. The number of hydrogen-bond acceptors (Lipinski definition) is 3. The summed E-state index contributed by atoms with van der Waals surface area (Å²) in [6, 6.07) is 8.24. The van der Waals surface area contributed by atoms with E-state index < -0.39 is 0 Å². The van der Waals surface area contributed by atoms with Crippen molar-refractivity contribution in [2.45, 2.75) is 13.5 Å². The second-order valence-electron chi connectivity index (χ2n) is 4.03. The summed E-state index contributed by atoms with van der Waals surface area (Å²) in [7, 11) is 0. The molecule has 0 aliphatic heterocycles. The van der Waals surface area contributed by atoms with E-state index in [2.05, 4.69) is 29.5 Å². The van der Waals surface area contributed by atoms with Gasteiger partial charge in [0.1, 0.15) is 0 Å². The number of aromatic nitrogens is 2. The monoisotopic (exact) mass is 231 g/mol. The first-order valence-corrected chi connectivity index (χ1v) is 5.72. The molecular weight excluding hydrogens is 214 g/mol. The molecule has 0 atom stereocenters. The molecular formula is C13H17N3O. The Labute approximate surface area is 101 Å². The SMILES string of the molecule is Cc1ccc(-n2cc(CNCCO)cn2)cc1. The molecule has 0 radical (unpaired) electrons. The Bertz CT molecular complexity index is 462. The Morgan fingerprint density at radius 2 is 2.06 bits per heavy atom. The lowest BCUT2D eigenvalue weighted by molar-refractivity contribution is 0.292. The van der Waals surface area contributed by atoms with Crippen molar-refractivity contribution in [3.63, 3.8) is 0 Å². The van der Waals surface area contributed by atoms with Crippen LogP contribution >= 0.6 is 0 Å². The van der Waals surface area contributed by atoms with Crippen LogP contribution in [0.3, 0.4) is 0 Å². The van der Waals surface area contributed by atoms with E-state index in [1.807, 2.05) is 29.2 Å². The number of nitrogens with one attached hydrogen (secondary N) is 1. The zero-order valence-corrected chi connectivity index (χ0v) is 9.93. The molecule has 0 aliphatic rings. The lowest BCUT2D eigenvalue weighted by Gasteiger charge is -2.01. The maximum Gasteiger partial charge on any atom is 0.0645 e.